The molecule has 0 bridgehead atoms. The number of hydrogen-bond donors (Lipinski definition) is 3. The highest BCUT2D eigenvalue weighted by molar-refractivity contribution is 5.91. The van der Waals surface area contributed by atoms with Crippen LogP contribution in [-0.4, -0.2) is 73.4 Å². The van der Waals surface area contributed by atoms with Crippen LogP contribution in [0, 0.1) is 23.2 Å². The summed E-state index contributed by atoms with van der Waals surface area (Å²) < 4.78 is 12.3. The Hall–Kier alpha value is -3.63. The molecule has 0 spiro atoms. The normalized spacial score (nSPS) is 23.9. The van der Waals surface area contributed by atoms with Crippen LogP contribution in [0.15, 0.2) is 18.2 Å². The largest absolute Gasteiger partial charge is 0.508 e. The quantitative estimate of drug-likeness (QED) is 0.182. The maximum atomic E-state index is 14.0. The van der Waals surface area contributed by atoms with Crippen LogP contribution in [0.2, 0.25) is 0 Å². The Kier molecular flexibility index (Phi) is 11.3. The number of aromatic nitrogens is 2. The van der Waals surface area contributed by atoms with Crippen LogP contribution in [0.3, 0.4) is 0 Å². The number of nitrogens with one attached hydrogen (secondary N) is 1. The number of carboxylic acid groups (broad SMARTS) is 1. The SMILES string of the molecule is C[C@H]1CC[C@H](CCCCCc2nc3ccc(O)cc3nc2O[C@H]2CN(C(=O)[C@@H](NC(=O)O)C(C)(C)C)[C@H](C(=O)OC(C)(C)C)[C@@H]2C)C1. The number of hydrogen-bond acceptors (Lipinski definition) is 8. The Labute approximate surface area is 278 Å². The highest BCUT2D eigenvalue weighted by atomic mass is 16.6. The number of phenols is 1. The van der Waals surface area contributed by atoms with E-state index in [1.807, 2.05) is 6.92 Å². The van der Waals surface area contributed by atoms with E-state index in [0.717, 1.165) is 31.1 Å². The molecule has 1 aromatic carbocycles. The molecule has 1 saturated carbocycles. The Morgan fingerprint density at radius 1 is 1.02 bits per heavy atom. The highest BCUT2D eigenvalue weighted by Gasteiger charge is 2.51. The number of aryl methyl sites for hydroxylation is 1. The minimum absolute atomic E-state index is 0.0246. The van der Waals surface area contributed by atoms with Gasteiger partial charge >= 0.3 is 12.1 Å². The molecule has 6 atom stereocenters. The summed E-state index contributed by atoms with van der Waals surface area (Å²) in [5, 5.41) is 22.0. The topological polar surface area (TPSA) is 151 Å². The predicted molar refractivity (Wildman–Crippen MR) is 179 cm³/mol. The van der Waals surface area contributed by atoms with Crippen molar-refractivity contribution in [3.63, 3.8) is 0 Å². The van der Waals surface area contributed by atoms with Gasteiger partial charge in [0, 0.05) is 12.0 Å². The molecule has 1 aliphatic carbocycles. The van der Waals surface area contributed by atoms with Gasteiger partial charge in [-0.05, 0) is 69.4 Å². The molecule has 2 amide bonds. The number of fused-ring (bicyclic) bond motifs is 1. The number of carbonyl (C=O) groups excluding carboxylic acids is 2. The van der Waals surface area contributed by atoms with Crippen LogP contribution in [0.4, 0.5) is 4.79 Å². The first-order chi connectivity index (χ1) is 21.9. The summed E-state index contributed by atoms with van der Waals surface area (Å²) >= 11 is 0. The number of benzene rings is 1. The molecule has 47 heavy (non-hydrogen) atoms. The highest BCUT2D eigenvalue weighted by Crippen LogP contribution is 2.36. The number of rotatable bonds is 11. The lowest BCUT2D eigenvalue weighted by Gasteiger charge is -2.35. The zero-order valence-corrected chi connectivity index (χ0v) is 29.3. The third kappa shape index (κ3) is 9.47. The Morgan fingerprint density at radius 2 is 1.74 bits per heavy atom. The molecule has 1 aromatic heterocycles. The van der Waals surface area contributed by atoms with Crippen LogP contribution in [0.5, 0.6) is 11.6 Å². The molecule has 2 heterocycles. The van der Waals surface area contributed by atoms with Gasteiger partial charge in [0.1, 0.15) is 35.2 Å². The van der Waals surface area contributed by atoms with Crippen molar-refractivity contribution in [2.24, 2.45) is 23.2 Å². The second-order valence-electron chi connectivity index (χ2n) is 15.8. The minimum atomic E-state index is -1.33. The summed E-state index contributed by atoms with van der Waals surface area (Å²) in [6, 6.07) is 2.72. The molecule has 260 valence electrons. The van der Waals surface area contributed by atoms with E-state index < -0.39 is 53.1 Å². The fourth-order valence-electron chi connectivity index (χ4n) is 6.93. The molecule has 11 heteroatoms. The number of carbonyl (C=O) groups is 3. The second-order valence-corrected chi connectivity index (χ2v) is 15.8. The summed E-state index contributed by atoms with van der Waals surface area (Å²) in [6.45, 7) is 14.8. The van der Waals surface area contributed by atoms with Crippen molar-refractivity contribution < 1.29 is 34.1 Å². The van der Waals surface area contributed by atoms with E-state index in [2.05, 4.69) is 12.2 Å². The van der Waals surface area contributed by atoms with Gasteiger partial charge in [-0.3, -0.25) is 4.79 Å². The lowest BCUT2D eigenvalue weighted by molar-refractivity contribution is -0.165. The van der Waals surface area contributed by atoms with Crippen LogP contribution < -0.4 is 10.1 Å². The number of unbranched alkanes of at least 4 members (excludes halogenated alkanes) is 2. The van der Waals surface area contributed by atoms with E-state index >= 15 is 0 Å². The van der Waals surface area contributed by atoms with Crippen molar-refractivity contribution in [3.05, 3.63) is 23.9 Å². The minimum Gasteiger partial charge on any atom is -0.508 e. The van der Waals surface area contributed by atoms with E-state index in [1.165, 1.54) is 36.6 Å². The zero-order valence-electron chi connectivity index (χ0n) is 29.3. The van der Waals surface area contributed by atoms with E-state index in [0.29, 0.717) is 29.0 Å². The smallest absolute Gasteiger partial charge is 0.405 e. The van der Waals surface area contributed by atoms with Gasteiger partial charge in [-0.1, -0.05) is 66.7 Å². The summed E-state index contributed by atoms with van der Waals surface area (Å²) in [5.41, 5.74) is 0.219. The Balaban J connectivity index is 1.60. The van der Waals surface area contributed by atoms with Gasteiger partial charge in [-0.15, -0.1) is 0 Å². The average Bonchev–Trinajstić information content (AvgIpc) is 3.51. The van der Waals surface area contributed by atoms with Crippen molar-refractivity contribution in [1.82, 2.24) is 20.2 Å². The summed E-state index contributed by atoms with van der Waals surface area (Å²) in [4.78, 5) is 50.4. The molecule has 1 saturated heterocycles. The molecule has 2 fully saturated rings. The number of ether oxygens (including phenoxy) is 2. The summed E-state index contributed by atoms with van der Waals surface area (Å²) in [6.07, 6.45) is 7.03. The molecular weight excluding hydrogens is 600 g/mol. The number of nitrogens with zero attached hydrogens (tertiary/aromatic N) is 3. The van der Waals surface area contributed by atoms with Crippen LogP contribution in [0.1, 0.15) is 106 Å². The number of esters is 1. The number of phenolic OH excluding ortho intramolecular Hbond substituents is 1. The van der Waals surface area contributed by atoms with Gasteiger partial charge in [-0.25, -0.2) is 19.6 Å². The van der Waals surface area contributed by atoms with Crippen LogP contribution >= 0.6 is 0 Å². The number of amides is 2. The molecule has 3 N–H and O–H groups in total. The fraction of sp³-hybridized carbons (Fsp3) is 0.694. The molecule has 0 unspecified atom stereocenters. The predicted octanol–water partition coefficient (Wildman–Crippen LogP) is 6.49. The number of likely N-dealkylation sites (tertiary alicyclic amines) is 1. The standard InChI is InChI=1S/C36H54N4O7/c1-21-14-15-23(18-21)12-10-9-11-13-26-31(38-27-19-24(41)16-17-25(27)37-26)46-28-20-40(29(22(28)2)33(43)47-36(6,7)8)32(42)30(35(3,4)5)39-34(44)45/h16-17,19,21-23,28-30,39,41H,9-15,18,20H2,1-8H3,(H,44,45)/t21-,22+,23-,28-,29-,30+/m0/s1. The lowest BCUT2D eigenvalue weighted by Crippen LogP contribution is -2.57. The van der Waals surface area contributed by atoms with E-state index in [-0.39, 0.29) is 12.3 Å². The molecule has 0 radical (unpaired) electrons. The van der Waals surface area contributed by atoms with E-state index in [1.54, 1.807) is 53.7 Å². The van der Waals surface area contributed by atoms with Gasteiger partial charge in [0.05, 0.1) is 17.6 Å². The molecule has 1 aliphatic heterocycles. The fourth-order valence-corrected chi connectivity index (χ4v) is 6.93. The van der Waals surface area contributed by atoms with Crippen molar-refractivity contribution in [2.45, 2.75) is 131 Å². The first-order valence-corrected chi connectivity index (χ1v) is 17.1. The maximum Gasteiger partial charge on any atom is 0.405 e. The first-order valence-electron chi connectivity index (χ1n) is 17.1. The zero-order chi connectivity index (χ0) is 34.7. The summed E-state index contributed by atoms with van der Waals surface area (Å²) in [5.74, 6) is 0.396. The second kappa shape index (κ2) is 14.6. The molecule has 2 aliphatic rings. The van der Waals surface area contributed by atoms with Gasteiger partial charge < -0.3 is 29.9 Å². The van der Waals surface area contributed by atoms with E-state index in [4.69, 9.17) is 19.4 Å². The number of aromatic hydroxyl groups is 1. The van der Waals surface area contributed by atoms with Crippen LogP contribution in [0.25, 0.3) is 11.0 Å². The van der Waals surface area contributed by atoms with Crippen molar-refractivity contribution in [2.75, 3.05) is 6.54 Å². The lowest BCUT2D eigenvalue weighted by atomic mass is 9.85. The maximum absolute atomic E-state index is 14.0. The van der Waals surface area contributed by atoms with Gasteiger partial charge in [0.2, 0.25) is 11.8 Å². The Bertz CT molecular complexity index is 1430. The molecular formula is C36H54N4O7. The van der Waals surface area contributed by atoms with Gasteiger partial charge in [0.25, 0.3) is 0 Å². The third-order valence-electron chi connectivity index (χ3n) is 9.38. The average molecular weight is 655 g/mol. The molecule has 2 aromatic rings. The Morgan fingerprint density at radius 3 is 2.36 bits per heavy atom. The van der Waals surface area contributed by atoms with Crippen molar-refractivity contribution in [3.8, 4) is 11.6 Å². The van der Waals surface area contributed by atoms with E-state index in [9.17, 15) is 24.6 Å². The van der Waals surface area contributed by atoms with Gasteiger partial charge in [0.15, 0.2) is 0 Å². The van der Waals surface area contributed by atoms with Crippen LogP contribution in [-0.2, 0) is 20.7 Å². The van der Waals surface area contributed by atoms with Crippen molar-refractivity contribution in [1.29, 1.82) is 0 Å². The first kappa shape index (κ1) is 36.2. The van der Waals surface area contributed by atoms with Gasteiger partial charge in [-0.2, -0.15) is 0 Å². The third-order valence-corrected chi connectivity index (χ3v) is 9.38. The molecule has 11 nitrogen and oxygen atoms in total. The molecule has 4 rings (SSSR count). The monoisotopic (exact) mass is 654 g/mol. The van der Waals surface area contributed by atoms with Crippen molar-refractivity contribution >= 4 is 29.0 Å². The summed E-state index contributed by atoms with van der Waals surface area (Å²) in [7, 11) is 0.